The number of fused-ring (bicyclic) bond motifs is 1. The van der Waals surface area contributed by atoms with E-state index in [9.17, 15) is 0 Å². The third kappa shape index (κ3) is 2.30. The summed E-state index contributed by atoms with van der Waals surface area (Å²) in [4.78, 5) is 15.8. The van der Waals surface area contributed by atoms with E-state index < -0.39 is 0 Å². The molecule has 0 fully saturated rings. The van der Waals surface area contributed by atoms with Gasteiger partial charge in [-0.1, -0.05) is 11.6 Å². The molecule has 3 rings (SSSR count). The van der Waals surface area contributed by atoms with Gasteiger partial charge in [-0.05, 0) is 24.3 Å². The van der Waals surface area contributed by atoms with E-state index in [4.69, 9.17) is 11.6 Å². The summed E-state index contributed by atoms with van der Waals surface area (Å²) in [6, 6.07) is 7.39. The van der Waals surface area contributed by atoms with Crippen LogP contribution in [0.5, 0.6) is 0 Å². The summed E-state index contributed by atoms with van der Waals surface area (Å²) in [7, 11) is 1.76. The molecule has 0 radical (unpaired) electrons. The highest BCUT2D eigenvalue weighted by molar-refractivity contribution is 6.30. The first-order valence-corrected chi connectivity index (χ1v) is 6.05. The summed E-state index contributed by atoms with van der Waals surface area (Å²) in [6.07, 6.45) is 1.59. The van der Waals surface area contributed by atoms with Gasteiger partial charge < -0.3 is 15.6 Å². The van der Waals surface area contributed by atoms with Crippen LogP contribution in [0, 0.1) is 0 Å². The molecule has 0 aliphatic carbocycles. The molecule has 0 aliphatic heterocycles. The number of rotatable bonds is 3. The number of halogens is 1. The molecule has 2 aromatic heterocycles. The maximum atomic E-state index is 5.86. The van der Waals surface area contributed by atoms with Gasteiger partial charge >= 0.3 is 0 Å². The van der Waals surface area contributed by atoms with Gasteiger partial charge in [0.05, 0.1) is 6.33 Å². The van der Waals surface area contributed by atoms with Crippen molar-refractivity contribution < 1.29 is 0 Å². The van der Waals surface area contributed by atoms with E-state index in [0.717, 1.165) is 11.2 Å². The Bertz CT molecular complexity index is 706. The lowest BCUT2D eigenvalue weighted by Gasteiger charge is -2.08. The van der Waals surface area contributed by atoms with Crippen molar-refractivity contribution in [3.05, 3.63) is 35.6 Å². The maximum absolute atomic E-state index is 5.86. The molecule has 0 saturated carbocycles. The quantitative estimate of drug-likeness (QED) is 0.684. The minimum atomic E-state index is 0.510. The number of nitrogens with one attached hydrogen (secondary N) is 3. The van der Waals surface area contributed by atoms with Gasteiger partial charge in [-0.15, -0.1) is 0 Å². The molecular weight excluding hydrogens is 264 g/mol. The Hall–Kier alpha value is -2.34. The second kappa shape index (κ2) is 4.74. The maximum Gasteiger partial charge on any atom is 0.226 e. The second-order valence-electron chi connectivity index (χ2n) is 3.88. The average Bonchev–Trinajstić information content (AvgIpc) is 2.89. The number of anilines is 3. The number of aromatic nitrogens is 4. The van der Waals surface area contributed by atoms with Gasteiger partial charge in [0.1, 0.15) is 5.52 Å². The Morgan fingerprint density at radius 3 is 2.68 bits per heavy atom. The van der Waals surface area contributed by atoms with Crippen molar-refractivity contribution in [1.29, 1.82) is 0 Å². The molecule has 0 bridgehead atoms. The molecule has 0 saturated heterocycles. The van der Waals surface area contributed by atoms with Gasteiger partial charge in [0.25, 0.3) is 0 Å². The Morgan fingerprint density at radius 2 is 1.95 bits per heavy atom. The highest BCUT2D eigenvalue weighted by Crippen LogP contribution is 2.23. The Labute approximate surface area is 114 Å². The predicted molar refractivity (Wildman–Crippen MR) is 76.0 cm³/mol. The fourth-order valence-electron chi connectivity index (χ4n) is 1.71. The smallest absolute Gasteiger partial charge is 0.226 e. The van der Waals surface area contributed by atoms with E-state index in [1.165, 1.54) is 0 Å². The molecule has 2 heterocycles. The van der Waals surface area contributed by atoms with Gasteiger partial charge in [-0.25, -0.2) is 4.98 Å². The zero-order chi connectivity index (χ0) is 13.2. The molecule has 0 atom stereocenters. The van der Waals surface area contributed by atoms with Crippen molar-refractivity contribution in [3.8, 4) is 0 Å². The zero-order valence-corrected chi connectivity index (χ0v) is 10.9. The summed E-state index contributed by atoms with van der Waals surface area (Å²) in [5, 5.41) is 6.81. The Balaban J connectivity index is 2.03. The molecule has 96 valence electrons. The van der Waals surface area contributed by atoms with Crippen molar-refractivity contribution in [2.45, 2.75) is 0 Å². The SMILES string of the molecule is CNc1nc(Nc2ccc(Cl)cc2)c2[nH]cnc2n1. The molecular formula is C12H11ClN6. The molecule has 1 aromatic carbocycles. The van der Waals surface area contributed by atoms with Crippen molar-refractivity contribution in [3.63, 3.8) is 0 Å². The Morgan fingerprint density at radius 1 is 1.16 bits per heavy atom. The lowest BCUT2D eigenvalue weighted by atomic mass is 10.3. The number of benzene rings is 1. The van der Waals surface area contributed by atoms with Gasteiger partial charge in [-0.2, -0.15) is 9.97 Å². The first-order chi connectivity index (χ1) is 9.26. The normalized spacial score (nSPS) is 10.6. The molecule has 19 heavy (non-hydrogen) atoms. The van der Waals surface area contributed by atoms with Crippen molar-refractivity contribution in [2.75, 3.05) is 17.7 Å². The average molecular weight is 275 g/mol. The summed E-state index contributed by atoms with van der Waals surface area (Å²) < 4.78 is 0. The number of aromatic amines is 1. The number of hydrogen-bond acceptors (Lipinski definition) is 5. The van der Waals surface area contributed by atoms with E-state index in [-0.39, 0.29) is 0 Å². The topological polar surface area (TPSA) is 78.5 Å². The summed E-state index contributed by atoms with van der Waals surface area (Å²) in [5.74, 6) is 1.17. The molecule has 3 aromatic rings. The van der Waals surface area contributed by atoms with E-state index in [2.05, 4.69) is 30.6 Å². The minimum absolute atomic E-state index is 0.510. The van der Waals surface area contributed by atoms with Crippen molar-refractivity contribution in [1.82, 2.24) is 19.9 Å². The highest BCUT2D eigenvalue weighted by atomic mass is 35.5. The van der Waals surface area contributed by atoms with E-state index in [0.29, 0.717) is 22.4 Å². The Kier molecular flexibility index (Phi) is 2.92. The summed E-state index contributed by atoms with van der Waals surface area (Å²) >= 11 is 5.86. The zero-order valence-electron chi connectivity index (χ0n) is 10.1. The van der Waals surface area contributed by atoms with Crippen LogP contribution >= 0.6 is 11.6 Å². The highest BCUT2D eigenvalue weighted by Gasteiger charge is 2.09. The lowest BCUT2D eigenvalue weighted by Crippen LogP contribution is -2.01. The number of H-pyrrole nitrogens is 1. The van der Waals surface area contributed by atoms with Crippen LogP contribution in [0.15, 0.2) is 30.6 Å². The monoisotopic (exact) mass is 274 g/mol. The molecule has 0 unspecified atom stereocenters. The van der Waals surface area contributed by atoms with E-state index in [1.54, 1.807) is 13.4 Å². The number of nitrogens with zero attached hydrogens (tertiary/aromatic N) is 3. The molecule has 6 nitrogen and oxygen atoms in total. The van der Waals surface area contributed by atoms with Crippen LogP contribution in [-0.4, -0.2) is 27.0 Å². The van der Waals surface area contributed by atoms with Crippen LogP contribution in [-0.2, 0) is 0 Å². The largest absolute Gasteiger partial charge is 0.357 e. The molecule has 3 N–H and O–H groups in total. The first kappa shape index (κ1) is 11.7. The third-order valence-corrected chi connectivity index (χ3v) is 2.87. The standard InChI is InChI=1S/C12H11ClN6/c1-14-12-18-10-9(15-6-16-10)11(19-12)17-8-4-2-7(13)3-5-8/h2-6H,1H3,(H3,14,15,16,17,18,19). The van der Waals surface area contributed by atoms with Gasteiger partial charge in [-0.3, -0.25) is 0 Å². The van der Waals surface area contributed by atoms with Crippen LogP contribution in [0.2, 0.25) is 5.02 Å². The van der Waals surface area contributed by atoms with E-state index >= 15 is 0 Å². The van der Waals surface area contributed by atoms with Crippen LogP contribution < -0.4 is 10.6 Å². The summed E-state index contributed by atoms with van der Waals surface area (Å²) in [5.41, 5.74) is 2.26. The van der Waals surface area contributed by atoms with Gasteiger partial charge in [0.15, 0.2) is 11.5 Å². The minimum Gasteiger partial charge on any atom is -0.357 e. The van der Waals surface area contributed by atoms with Gasteiger partial charge in [0.2, 0.25) is 5.95 Å². The predicted octanol–water partition coefficient (Wildman–Crippen LogP) is 2.79. The summed E-state index contributed by atoms with van der Waals surface area (Å²) in [6.45, 7) is 0. The number of hydrogen-bond donors (Lipinski definition) is 3. The van der Waals surface area contributed by atoms with Crippen LogP contribution in [0.1, 0.15) is 0 Å². The first-order valence-electron chi connectivity index (χ1n) is 5.68. The molecule has 0 aliphatic rings. The van der Waals surface area contributed by atoms with Crippen LogP contribution in [0.4, 0.5) is 17.5 Å². The molecule has 0 amide bonds. The van der Waals surface area contributed by atoms with Crippen LogP contribution in [0.25, 0.3) is 11.2 Å². The molecule has 7 heteroatoms. The fourth-order valence-corrected chi connectivity index (χ4v) is 1.83. The van der Waals surface area contributed by atoms with Crippen LogP contribution in [0.3, 0.4) is 0 Å². The third-order valence-electron chi connectivity index (χ3n) is 2.62. The van der Waals surface area contributed by atoms with E-state index in [1.807, 2.05) is 24.3 Å². The molecule has 0 spiro atoms. The second-order valence-corrected chi connectivity index (χ2v) is 4.32. The lowest BCUT2D eigenvalue weighted by molar-refractivity contribution is 1.18. The van der Waals surface area contributed by atoms with Crippen molar-refractivity contribution >= 4 is 40.2 Å². The number of imidazole rings is 1. The fraction of sp³-hybridized carbons (Fsp3) is 0.0833. The van der Waals surface area contributed by atoms with Crippen molar-refractivity contribution in [2.24, 2.45) is 0 Å². The van der Waals surface area contributed by atoms with Gasteiger partial charge in [0, 0.05) is 17.8 Å².